The highest BCUT2D eigenvalue weighted by Gasteiger charge is 2.19. The predicted octanol–water partition coefficient (Wildman–Crippen LogP) is 4.21. The van der Waals surface area contributed by atoms with Gasteiger partial charge in [-0.3, -0.25) is 20.2 Å². The molecule has 4 aromatic rings. The van der Waals surface area contributed by atoms with Crippen LogP contribution in [0.3, 0.4) is 0 Å². The molecule has 3 aromatic carbocycles. The first-order chi connectivity index (χ1) is 14.0. The number of fused-ring (bicyclic) bond motifs is 3. The van der Waals surface area contributed by atoms with Crippen molar-refractivity contribution in [2.45, 2.75) is 19.1 Å². The molecule has 0 aliphatic rings. The fourth-order valence-electron chi connectivity index (χ4n) is 3.74. The molecular formula is C21H17N3O5. The quantitative estimate of drug-likeness (QED) is 0.391. The molecule has 4 rings (SSSR count). The maximum atomic E-state index is 11.2. The SMILES string of the molecule is O=[N+]([O-])c1ccc2c(c1)c1ccccc1n2CC(O)Cc1ccccc1[N+](=O)[O-]. The molecule has 1 N–H and O–H groups in total. The van der Waals surface area contributed by atoms with E-state index in [0.717, 1.165) is 21.8 Å². The summed E-state index contributed by atoms with van der Waals surface area (Å²) in [6.45, 7) is 0.202. The Kier molecular flexibility index (Phi) is 4.69. The van der Waals surface area contributed by atoms with E-state index in [-0.39, 0.29) is 24.3 Å². The molecule has 0 fully saturated rings. The fourth-order valence-corrected chi connectivity index (χ4v) is 3.74. The van der Waals surface area contributed by atoms with Gasteiger partial charge in [-0.2, -0.15) is 0 Å². The van der Waals surface area contributed by atoms with Crippen LogP contribution in [-0.2, 0) is 13.0 Å². The topological polar surface area (TPSA) is 111 Å². The van der Waals surface area contributed by atoms with Crippen molar-refractivity contribution in [1.82, 2.24) is 4.57 Å². The average Bonchev–Trinajstić information content (AvgIpc) is 3.01. The Labute approximate surface area is 164 Å². The Hall–Kier alpha value is -3.78. The zero-order chi connectivity index (χ0) is 20.5. The summed E-state index contributed by atoms with van der Waals surface area (Å²) in [4.78, 5) is 21.5. The number of non-ortho nitro benzene ring substituents is 1. The van der Waals surface area contributed by atoms with Crippen molar-refractivity contribution in [3.63, 3.8) is 0 Å². The summed E-state index contributed by atoms with van der Waals surface area (Å²) >= 11 is 0. The first-order valence-electron chi connectivity index (χ1n) is 9.01. The molecule has 0 saturated carbocycles. The van der Waals surface area contributed by atoms with Crippen molar-refractivity contribution in [3.05, 3.63) is 92.5 Å². The summed E-state index contributed by atoms with van der Waals surface area (Å²) < 4.78 is 1.90. The number of hydrogen-bond acceptors (Lipinski definition) is 5. The van der Waals surface area contributed by atoms with Crippen LogP contribution in [0.2, 0.25) is 0 Å². The summed E-state index contributed by atoms with van der Waals surface area (Å²) in [6.07, 6.45) is -0.747. The van der Waals surface area contributed by atoms with E-state index in [0.29, 0.717) is 5.56 Å². The van der Waals surface area contributed by atoms with E-state index in [9.17, 15) is 25.3 Å². The summed E-state index contributed by atoms with van der Waals surface area (Å²) in [5.74, 6) is 0. The summed E-state index contributed by atoms with van der Waals surface area (Å²) in [5.41, 5.74) is 2.04. The number of aliphatic hydroxyl groups excluding tert-OH is 1. The molecule has 29 heavy (non-hydrogen) atoms. The number of para-hydroxylation sites is 2. The lowest BCUT2D eigenvalue weighted by Gasteiger charge is -2.14. The van der Waals surface area contributed by atoms with Crippen molar-refractivity contribution < 1.29 is 15.0 Å². The second-order valence-electron chi connectivity index (χ2n) is 6.83. The average molecular weight is 391 g/mol. The molecule has 1 heterocycles. The van der Waals surface area contributed by atoms with E-state index in [1.165, 1.54) is 18.2 Å². The van der Waals surface area contributed by atoms with Gasteiger partial charge in [-0.1, -0.05) is 36.4 Å². The number of nitrogens with zero attached hydrogens (tertiary/aromatic N) is 3. The molecule has 0 bridgehead atoms. The molecule has 0 amide bonds. The Morgan fingerprint density at radius 2 is 1.55 bits per heavy atom. The van der Waals surface area contributed by atoms with Crippen molar-refractivity contribution in [2.24, 2.45) is 0 Å². The minimum atomic E-state index is -0.870. The van der Waals surface area contributed by atoms with Crippen LogP contribution in [0.5, 0.6) is 0 Å². The van der Waals surface area contributed by atoms with Gasteiger partial charge in [0, 0.05) is 58.5 Å². The number of rotatable bonds is 6. The third-order valence-electron chi connectivity index (χ3n) is 5.00. The molecule has 146 valence electrons. The number of hydrogen-bond donors (Lipinski definition) is 1. The summed E-state index contributed by atoms with van der Waals surface area (Å²) in [7, 11) is 0. The van der Waals surface area contributed by atoms with Crippen LogP contribution in [0.1, 0.15) is 5.56 Å². The molecule has 8 heteroatoms. The molecule has 0 aliphatic carbocycles. The minimum Gasteiger partial charge on any atom is -0.391 e. The van der Waals surface area contributed by atoms with Gasteiger partial charge >= 0.3 is 0 Å². The normalized spacial score (nSPS) is 12.3. The van der Waals surface area contributed by atoms with Crippen molar-refractivity contribution >= 4 is 33.2 Å². The standard InChI is InChI=1S/C21H17N3O5/c25-16(11-14-5-1-3-7-19(14)24(28)29)13-22-20-8-4-2-6-17(20)18-12-15(23(26)27)9-10-21(18)22/h1-10,12,16,25H,11,13H2. The molecule has 1 atom stereocenters. The van der Waals surface area contributed by atoms with Crippen LogP contribution < -0.4 is 0 Å². The molecule has 1 unspecified atom stereocenters. The lowest BCUT2D eigenvalue weighted by atomic mass is 10.1. The first-order valence-corrected chi connectivity index (χ1v) is 9.01. The molecule has 1 aromatic heterocycles. The summed E-state index contributed by atoms with van der Waals surface area (Å²) in [6, 6.07) is 18.5. The Morgan fingerprint density at radius 3 is 2.31 bits per heavy atom. The van der Waals surface area contributed by atoms with E-state index in [1.54, 1.807) is 24.3 Å². The van der Waals surface area contributed by atoms with Crippen molar-refractivity contribution in [1.29, 1.82) is 0 Å². The Morgan fingerprint density at radius 1 is 0.862 bits per heavy atom. The second kappa shape index (κ2) is 7.33. The Balaban J connectivity index is 1.74. The molecule has 0 radical (unpaired) electrons. The van der Waals surface area contributed by atoms with Crippen LogP contribution >= 0.6 is 0 Å². The molecule has 8 nitrogen and oxygen atoms in total. The summed E-state index contributed by atoms with van der Waals surface area (Å²) in [5, 5.41) is 34.7. The van der Waals surface area contributed by atoms with E-state index < -0.39 is 16.0 Å². The predicted molar refractivity (Wildman–Crippen MR) is 109 cm³/mol. The van der Waals surface area contributed by atoms with E-state index in [4.69, 9.17) is 0 Å². The highest BCUT2D eigenvalue weighted by molar-refractivity contribution is 6.08. The molecule has 0 spiro atoms. The lowest BCUT2D eigenvalue weighted by Crippen LogP contribution is -2.19. The van der Waals surface area contributed by atoms with E-state index in [1.807, 2.05) is 28.8 Å². The molecule has 0 aliphatic heterocycles. The van der Waals surface area contributed by atoms with E-state index in [2.05, 4.69) is 0 Å². The van der Waals surface area contributed by atoms with Gasteiger partial charge in [0.05, 0.1) is 16.0 Å². The fraction of sp³-hybridized carbons (Fsp3) is 0.143. The molecular weight excluding hydrogens is 374 g/mol. The van der Waals surface area contributed by atoms with Crippen LogP contribution in [0.15, 0.2) is 66.7 Å². The van der Waals surface area contributed by atoms with Crippen molar-refractivity contribution in [3.8, 4) is 0 Å². The van der Waals surface area contributed by atoms with Crippen LogP contribution in [0, 0.1) is 20.2 Å². The van der Waals surface area contributed by atoms with Gasteiger partial charge in [-0.25, -0.2) is 0 Å². The number of aromatic nitrogens is 1. The molecule has 0 saturated heterocycles. The van der Waals surface area contributed by atoms with Gasteiger partial charge in [-0.15, -0.1) is 0 Å². The first kappa shape index (κ1) is 18.6. The number of aliphatic hydroxyl groups is 1. The third-order valence-corrected chi connectivity index (χ3v) is 5.00. The monoisotopic (exact) mass is 391 g/mol. The van der Waals surface area contributed by atoms with Gasteiger partial charge in [0.2, 0.25) is 0 Å². The smallest absolute Gasteiger partial charge is 0.272 e. The van der Waals surface area contributed by atoms with E-state index >= 15 is 0 Å². The largest absolute Gasteiger partial charge is 0.391 e. The number of nitro groups is 2. The van der Waals surface area contributed by atoms with Gasteiger partial charge in [0.25, 0.3) is 11.4 Å². The second-order valence-corrected chi connectivity index (χ2v) is 6.83. The Bertz CT molecular complexity index is 1250. The van der Waals surface area contributed by atoms with Gasteiger partial charge in [0.1, 0.15) is 0 Å². The highest BCUT2D eigenvalue weighted by atomic mass is 16.6. The van der Waals surface area contributed by atoms with Crippen molar-refractivity contribution in [2.75, 3.05) is 0 Å². The maximum absolute atomic E-state index is 11.2. The maximum Gasteiger partial charge on any atom is 0.272 e. The number of benzene rings is 3. The van der Waals surface area contributed by atoms with Crippen LogP contribution in [0.4, 0.5) is 11.4 Å². The third kappa shape index (κ3) is 3.41. The van der Waals surface area contributed by atoms with Gasteiger partial charge in [0.15, 0.2) is 0 Å². The van der Waals surface area contributed by atoms with Crippen LogP contribution in [-0.4, -0.2) is 25.6 Å². The van der Waals surface area contributed by atoms with Gasteiger partial charge < -0.3 is 9.67 Å². The zero-order valence-electron chi connectivity index (χ0n) is 15.3. The minimum absolute atomic E-state index is 0.000798. The highest BCUT2D eigenvalue weighted by Crippen LogP contribution is 2.32. The zero-order valence-corrected chi connectivity index (χ0v) is 15.3. The number of nitro benzene ring substituents is 2. The van der Waals surface area contributed by atoms with Crippen LogP contribution in [0.25, 0.3) is 21.8 Å². The lowest BCUT2D eigenvalue weighted by molar-refractivity contribution is -0.385. The van der Waals surface area contributed by atoms with Gasteiger partial charge in [-0.05, 0) is 12.1 Å².